The molecule has 0 spiro atoms. The lowest BCUT2D eigenvalue weighted by Crippen LogP contribution is -2.42. The van der Waals surface area contributed by atoms with Crippen molar-refractivity contribution in [2.45, 2.75) is 51.1 Å². The Kier molecular flexibility index (Phi) is 7.64. The summed E-state index contributed by atoms with van der Waals surface area (Å²) in [4.78, 5) is 12.5. The highest BCUT2D eigenvalue weighted by Crippen LogP contribution is 2.25. The number of rotatable bonds is 10. The lowest BCUT2D eigenvalue weighted by Gasteiger charge is -2.31. The Morgan fingerprint density at radius 1 is 1.00 bits per heavy atom. The predicted octanol–water partition coefficient (Wildman–Crippen LogP) is 4.46. The van der Waals surface area contributed by atoms with Gasteiger partial charge in [-0.3, -0.25) is 4.98 Å². The van der Waals surface area contributed by atoms with Crippen molar-refractivity contribution in [2.75, 3.05) is 6.61 Å². The molecule has 0 aliphatic rings. The quantitative estimate of drug-likeness (QED) is 0.341. The largest absolute Gasteiger partial charge is 0.395 e. The first-order chi connectivity index (χ1) is 16.8. The summed E-state index contributed by atoms with van der Waals surface area (Å²) in [5.41, 5.74) is 4.42. The van der Waals surface area contributed by atoms with Crippen LogP contribution in [-0.4, -0.2) is 45.4 Å². The van der Waals surface area contributed by atoms with Crippen LogP contribution < -0.4 is 0 Å². The zero-order valence-electron chi connectivity index (χ0n) is 20.3. The summed E-state index contributed by atoms with van der Waals surface area (Å²) in [7, 11) is -3.84. The molecule has 0 aliphatic carbocycles. The molecule has 0 radical (unpaired) electrons. The minimum absolute atomic E-state index is 0.202. The Balaban J connectivity index is 1.62. The molecule has 1 atom stereocenters. The summed E-state index contributed by atoms with van der Waals surface area (Å²) >= 11 is 0. The average molecular weight is 493 g/mol. The minimum Gasteiger partial charge on any atom is -0.395 e. The molecule has 2 aromatic carbocycles. The molecule has 0 saturated carbocycles. The molecule has 184 valence electrons. The number of nitrogens with zero attached hydrogens (tertiary/aromatic N) is 3. The van der Waals surface area contributed by atoms with Crippen LogP contribution in [0.4, 0.5) is 0 Å². The van der Waals surface area contributed by atoms with Crippen LogP contribution in [0.3, 0.4) is 0 Å². The molecule has 0 aliphatic heterocycles. The highest BCUT2D eigenvalue weighted by atomic mass is 32.2. The molecular formula is C27H32N4O3S. The monoisotopic (exact) mass is 492 g/mol. The van der Waals surface area contributed by atoms with Crippen molar-refractivity contribution in [3.05, 3.63) is 89.5 Å². The third-order valence-electron chi connectivity index (χ3n) is 6.04. The van der Waals surface area contributed by atoms with Crippen LogP contribution in [0.5, 0.6) is 0 Å². The molecule has 4 aromatic rings. The van der Waals surface area contributed by atoms with E-state index in [1.807, 2.05) is 69.3 Å². The van der Waals surface area contributed by atoms with Crippen LogP contribution in [0.25, 0.3) is 11.0 Å². The highest BCUT2D eigenvalue weighted by Gasteiger charge is 2.31. The average Bonchev–Trinajstić information content (AvgIpc) is 3.23. The van der Waals surface area contributed by atoms with Crippen molar-refractivity contribution in [3.8, 4) is 0 Å². The van der Waals surface area contributed by atoms with E-state index in [9.17, 15) is 13.5 Å². The third-order valence-corrected chi connectivity index (χ3v) is 7.95. The van der Waals surface area contributed by atoms with Crippen molar-refractivity contribution >= 4 is 21.1 Å². The van der Waals surface area contributed by atoms with Crippen LogP contribution in [0, 0.1) is 12.8 Å². The topological polar surface area (TPSA) is 99.2 Å². The van der Waals surface area contributed by atoms with Gasteiger partial charge in [0.1, 0.15) is 11.3 Å². The first-order valence-corrected chi connectivity index (χ1v) is 13.3. The molecule has 0 bridgehead atoms. The van der Waals surface area contributed by atoms with E-state index in [4.69, 9.17) is 0 Å². The van der Waals surface area contributed by atoms with Gasteiger partial charge in [0.25, 0.3) is 0 Å². The van der Waals surface area contributed by atoms with E-state index < -0.39 is 16.1 Å². The molecule has 4 rings (SSSR count). The van der Waals surface area contributed by atoms with Gasteiger partial charge >= 0.3 is 0 Å². The Hall–Kier alpha value is -3.07. The number of aliphatic hydroxyl groups is 1. The molecule has 2 heterocycles. The van der Waals surface area contributed by atoms with E-state index >= 15 is 0 Å². The number of imidazole rings is 1. The third kappa shape index (κ3) is 5.78. The molecule has 0 saturated heterocycles. The number of H-pyrrole nitrogens is 1. The minimum atomic E-state index is -3.84. The van der Waals surface area contributed by atoms with Crippen LogP contribution in [0.1, 0.15) is 42.9 Å². The smallest absolute Gasteiger partial charge is 0.243 e. The van der Waals surface area contributed by atoms with Crippen LogP contribution in [-0.2, 0) is 23.0 Å². The van der Waals surface area contributed by atoms with Gasteiger partial charge in [0, 0.05) is 25.2 Å². The summed E-state index contributed by atoms with van der Waals surface area (Å²) in [5.74, 6) is 1.07. The summed E-state index contributed by atoms with van der Waals surface area (Å²) in [6.45, 7) is 5.93. The lowest BCUT2D eigenvalue weighted by atomic mass is 10.0. The Bertz CT molecular complexity index is 1370. The SMILES string of the molecule is Cc1nc2c(Cc3ccc(S(=O)(=O)N(Cc4ccccc4)[C@H](CO)CC(C)C)cc3)nccc2[nH]1. The maximum Gasteiger partial charge on any atom is 0.243 e. The number of benzene rings is 2. The van der Waals surface area contributed by atoms with E-state index in [0.29, 0.717) is 12.8 Å². The van der Waals surface area contributed by atoms with Gasteiger partial charge in [-0.15, -0.1) is 0 Å². The van der Waals surface area contributed by atoms with Crippen LogP contribution in [0.15, 0.2) is 71.8 Å². The summed E-state index contributed by atoms with van der Waals surface area (Å²) < 4.78 is 28.9. The number of aromatic nitrogens is 3. The second kappa shape index (κ2) is 10.7. The molecule has 8 heteroatoms. The van der Waals surface area contributed by atoms with Gasteiger partial charge in [-0.2, -0.15) is 4.31 Å². The molecule has 35 heavy (non-hydrogen) atoms. The van der Waals surface area contributed by atoms with Crippen molar-refractivity contribution in [1.29, 1.82) is 0 Å². The van der Waals surface area contributed by atoms with E-state index in [1.54, 1.807) is 18.3 Å². The number of aliphatic hydroxyl groups excluding tert-OH is 1. The van der Waals surface area contributed by atoms with Crippen LogP contribution >= 0.6 is 0 Å². The van der Waals surface area contributed by atoms with Crippen molar-refractivity contribution in [2.24, 2.45) is 5.92 Å². The molecule has 0 amide bonds. The molecule has 0 unspecified atom stereocenters. The maximum absolute atomic E-state index is 13.8. The van der Waals surface area contributed by atoms with Gasteiger partial charge in [-0.1, -0.05) is 56.3 Å². The molecule has 2 N–H and O–H groups in total. The molecule has 7 nitrogen and oxygen atoms in total. The number of fused-ring (bicyclic) bond motifs is 1. The molecule has 0 fully saturated rings. The normalized spacial score (nSPS) is 13.1. The van der Waals surface area contributed by atoms with Gasteiger partial charge < -0.3 is 10.1 Å². The van der Waals surface area contributed by atoms with Gasteiger partial charge in [0.15, 0.2) is 0 Å². The number of pyridine rings is 1. The van der Waals surface area contributed by atoms with Gasteiger partial charge in [0.2, 0.25) is 10.0 Å². The van der Waals surface area contributed by atoms with Crippen molar-refractivity contribution < 1.29 is 13.5 Å². The lowest BCUT2D eigenvalue weighted by molar-refractivity contribution is 0.164. The zero-order valence-corrected chi connectivity index (χ0v) is 21.2. The first-order valence-electron chi connectivity index (χ1n) is 11.8. The Labute approximate surface area is 206 Å². The van der Waals surface area contributed by atoms with E-state index in [0.717, 1.165) is 33.7 Å². The fourth-order valence-corrected chi connectivity index (χ4v) is 5.97. The van der Waals surface area contributed by atoms with Crippen molar-refractivity contribution in [1.82, 2.24) is 19.3 Å². The fraction of sp³-hybridized carbons (Fsp3) is 0.333. The fourth-order valence-electron chi connectivity index (χ4n) is 4.35. The van der Waals surface area contributed by atoms with Gasteiger partial charge in [-0.25, -0.2) is 13.4 Å². The maximum atomic E-state index is 13.8. The number of hydrogen-bond acceptors (Lipinski definition) is 5. The van der Waals surface area contributed by atoms with E-state index in [2.05, 4.69) is 15.0 Å². The van der Waals surface area contributed by atoms with E-state index in [-0.39, 0.29) is 24.0 Å². The second-order valence-electron chi connectivity index (χ2n) is 9.30. The van der Waals surface area contributed by atoms with Crippen LogP contribution in [0.2, 0.25) is 0 Å². The number of hydrogen-bond donors (Lipinski definition) is 2. The molecular weight excluding hydrogens is 460 g/mol. The highest BCUT2D eigenvalue weighted by molar-refractivity contribution is 7.89. The number of sulfonamides is 1. The number of aryl methyl sites for hydroxylation is 1. The second-order valence-corrected chi connectivity index (χ2v) is 11.2. The summed E-state index contributed by atoms with van der Waals surface area (Å²) in [6.07, 6.45) is 2.86. The Morgan fingerprint density at radius 3 is 2.37 bits per heavy atom. The van der Waals surface area contributed by atoms with Gasteiger partial charge in [0.05, 0.1) is 22.7 Å². The number of aromatic amines is 1. The van der Waals surface area contributed by atoms with Crippen molar-refractivity contribution in [3.63, 3.8) is 0 Å². The van der Waals surface area contributed by atoms with Gasteiger partial charge in [-0.05, 0) is 48.6 Å². The number of nitrogens with one attached hydrogen (secondary N) is 1. The predicted molar refractivity (Wildman–Crippen MR) is 137 cm³/mol. The standard InChI is InChI=1S/C27H32N4O3S/c1-19(2)15-23(18-32)31(17-22-7-5-4-6-8-22)35(33,34)24-11-9-21(10-12-24)16-26-27-25(13-14-28-26)29-20(3)30-27/h4-14,19,23,32H,15-18H2,1-3H3,(H,29,30)/t23-/m0/s1. The Morgan fingerprint density at radius 2 is 1.71 bits per heavy atom. The summed E-state index contributed by atoms with van der Waals surface area (Å²) in [6, 6.07) is 17.8. The first kappa shape index (κ1) is 25.0. The summed E-state index contributed by atoms with van der Waals surface area (Å²) in [5, 5.41) is 10.1. The molecule has 2 aromatic heterocycles. The zero-order chi connectivity index (χ0) is 25.0. The van der Waals surface area contributed by atoms with E-state index in [1.165, 1.54) is 4.31 Å².